The molecule has 1 atom stereocenters. The lowest BCUT2D eigenvalue weighted by atomic mass is 10.1. The van der Waals surface area contributed by atoms with Crippen LogP contribution in [-0.4, -0.2) is 44.8 Å². The minimum absolute atomic E-state index is 0.0738. The zero-order valence-corrected chi connectivity index (χ0v) is 13.7. The van der Waals surface area contributed by atoms with Crippen molar-refractivity contribution in [1.82, 2.24) is 8.68 Å². The first-order chi connectivity index (χ1) is 8.71. The van der Waals surface area contributed by atoms with Crippen molar-refractivity contribution in [2.24, 2.45) is 5.92 Å². The van der Waals surface area contributed by atoms with Gasteiger partial charge in [-0.25, -0.2) is 12.7 Å². The van der Waals surface area contributed by atoms with Crippen molar-refractivity contribution >= 4 is 32.4 Å². The minimum Gasteiger partial charge on any atom is -0.382 e. The summed E-state index contributed by atoms with van der Waals surface area (Å²) in [7, 11) is 1.28. The zero-order valence-electron chi connectivity index (χ0n) is 12.0. The van der Waals surface area contributed by atoms with Crippen LogP contribution in [0.1, 0.15) is 20.3 Å². The summed E-state index contributed by atoms with van der Waals surface area (Å²) in [5, 5.41) is 0.603. The molecule has 1 aromatic rings. The van der Waals surface area contributed by atoms with Crippen molar-refractivity contribution in [3.05, 3.63) is 0 Å². The molecule has 0 fully saturated rings. The van der Waals surface area contributed by atoms with Gasteiger partial charge in [0.15, 0.2) is 10.7 Å². The molecule has 1 rings (SSSR count). The first-order valence-corrected chi connectivity index (χ1v) is 8.31. The fraction of sp³-hybridized carbons (Fsp3) is 0.727. The van der Waals surface area contributed by atoms with Gasteiger partial charge >= 0.3 is 0 Å². The molecule has 0 amide bonds. The van der Waals surface area contributed by atoms with Crippen LogP contribution in [0.25, 0.3) is 0 Å². The monoisotopic (exact) mass is 306 g/mol. The number of rotatable bonds is 6. The van der Waals surface area contributed by atoms with Gasteiger partial charge < -0.3 is 10.6 Å². The molecule has 0 saturated carbocycles. The number of nitrogens with two attached hydrogens (primary N) is 1. The highest BCUT2D eigenvalue weighted by Crippen LogP contribution is 2.35. The van der Waals surface area contributed by atoms with Gasteiger partial charge in [-0.05, 0) is 17.5 Å². The van der Waals surface area contributed by atoms with Crippen LogP contribution >= 0.6 is 11.5 Å². The van der Waals surface area contributed by atoms with E-state index in [2.05, 4.69) is 18.2 Å². The molecule has 1 unspecified atom stereocenters. The second-order valence-corrected chi connectivity index (χ2v) is 7.72. The predicted octanol–water partition coefficient (Wildman–Crippen LogP) is 1.46. The van der Waals surface area contributed by atoms with Gasteiger partial charge in [0.25, 0.3) is 0 Å². The van der Waals surface area contributed by atoms with Crippen molar-refractivity contribution in [3.63, 3.8) is 0 Å². The van der Waals surface area contributed by atoms with E-state index >= 15 is 0 Å². The van der Waals surface area contributed by atoms with Gasteiger partial charge in [-0.1, -0.05) is 20.3 Å². The molecule has 0 bridgehead atoms. The molecule has 19 heavy (non-hydrogen) atoms. The van der Waals surface area contributed by atoms with E-state index < -0.39 is 10.0 Å². The Balaban J connectivity index is 3.18. The molecule has 0 radical (unpaired) electrons. The average molecular weight is 306 g/mol. The molecule has 1 heterocycles. The van der Waals surface area contributed by atoms with E-state index in [9.17, 15) is 8.42 Å². The van der Waals surface area contributed by atoms with Gasteiger partial charge in [0, 0.05) is 27.7 Å². The number of nitrogens with zero attached hydrogens (tertiary/aromatic N) is 3. The van der Waals surface area contributed by atoms with E-state index in [4.69, 9.17) is 5.73 Å². The van der Waals surface area contributed by atoms with Crippen LogP contribution in [0.5, 0.6) is 0 Å². The van der Waals surface area contributed by atoms with Crippen molar-refractivity contribution in [3.8, 4) is 0 Å². The Morgan fingerprint density at radius 2 is 1.95 bits per heavy atom. The van der Waals surface area contributed by atoms with Gasteiger partial charge in [-0.2, -0.15) is 4.37 Å². The summed E-state index contributed by atoms with van der Waals surface area (Å²) in [4.78, 5) is 2.03. The van der Waals surface area contributed by atoms with Gasteiger partial charge in [-0.15, -0.1) is 0 Å². The third-order valence-electron chi connectivity index (χ3n) is 3.03. The highest BCUT2D eigenvalue weighted by atomic mass is 32.2. The van der Waals surface area contributed by atoms with Crippen LogP contribution < -0.4 is 10.6 Å². The molecule has 6 nitrogen and oxygen atoms in total. The van der Waals surface area contributed by atoms with Gasteiger partial charge in [0.1, 0.15) is 5.00 Å². The standard InChI is InChI=1S/C11H22N4O2S2/c1-6-8(2)7-15(5)11-9(10(12)13-18-11)19(16,17)14(3)4/h8H,6-7H2,1-5H3,(H2,12,13). The molecule has 0 aliphatic carbocycles. The summed E-state index contributed by atoms with van der Waals surface area (Å²) in [5.74, 6) is 0.549. The van der Waals surface area contributed by atoms with Crippen molar-refractivity contribution in [2.75, 3.05) is 38.3 Å². The first kappa shape index (κ1) is 16.2. The lowest BCUT2D eigenvalue weighted by Crippen LogP contribution is -2.28. The second kappa shape index (κ2) is 6.06. The molecule has 0 aromatic carbocycles. The van der Waals surface area contributed by atoms with Crippen LogP contribution in [0.15, 0.2) is 4.90 Å². The first-order valence-electron chi connectivity index (χ1n) is 6.10. The second-order valence-electron chi connectivity index (χ2n) is 4.88. The molecule has 8 heteroatoms. The third kappa shape index (κ3) is 3.37. The van der Waals surface area contributed by atoms with E-state index in [-0.39, 0.29) is 10.7 Å². The number of anilines is 2. The van der Waals surface area contributed by atoms with E-state index in [1.165, 1.54) is 14.1 Å². The lowest BCUT2D eigenvalue weighted by Gasteiger charge is -2.22. The largest absolute Gasteiger partial charge is 0.382 e. The van der Waals surface area contributed by atoms with Crippen LogP contribution in [0.3, 0.4) is 0 Å². The average Bonchev–Trinajstić information content (AvgIpc) is 2.71. The Labute approximate surface area is 119 Å². The van der Waals surface area contributed by atoms with Crippen molar-refractivity contribution in [1.29, 1.82) is 0 Å². The van der Waals surface area contributed by atoms with E-state index in [1.54, 1.807) is 0 Å². The molecule has 0 aliphatic heterocycles. The minimum atomic E-state index is -3.57. The Bertz CT molecular complexity index is 525. The van der Waals surface area contributed by atoms with E-state index in [1.807, 2.05) is 11.9 Å². The van der Waals surface area contributed by atoms with Crippen LogP contribution in [0.2, 0.25) is 0 Å². The van der Waals surface area contributed by atoms with E-state index in [0.717, 1.165) is 28.8 Å². The van der Waals surface area contributed by atoms with Crippen LogP contribution in [-0.2, 0) is 10.0 Å². The molecular weight excluding hydrogens is 284 g/mol. The topological polar surface area (TPSA) is 79.5 Å². The van der Waals surface area contributed by atoms with Gasteiger partial charge in [-0.3, -0.25) is 0 Å². The molecular formula is C11H22N4O2S2. The highest BCUT2D eigenvalue weighted by molar-refractivity contribution is 7.89. The molecule has 0 spiro atoms. The molecule has 2 N–H and O–H groups in total. The number of sulfonamides is 1. The van der Waals surface area contributed by atoms with E-state index in [0.29, 0.717) is 10.9 Å². The normalized spacial score (nSPS) is 13.8. The fourth-order valence-electron chi connectivity index (χ4n) is 1.63. The number of aromatic nitrogens is 1. The number of hydrogen-bond donors (Lipinski definition) is 1. The Kier molecular flexibility index (Phi) is 5.17. The molecule has 0 saturated heterocycles. The smallest absolute Gasteiger partial charge is 0.249 e. The Morgan fingerprint density at radius 1 is 1.37 bits per heavy atom. The summed E-state index contributed by atoms with van der Waals surface area (Å²) in [6, 6.07) is 0. The summed E-state index contributed by atoms with van der Waals surface area (Å²) >= 11 is 1.13. The molecule has 1 aromatic heterocycles. The third-order valence-corrected chi connectivity index (χ3v) is 6.01. The summed E-state index contributed by atoms with van der Waals surface area (Å²) < 4.78 is 29.7. The lowest BCUT2D eigenvalue weighted by molar-refractivity contribution is 0.520. The maximum Gasteiger partial charge on any atom is 0.249 e. The Morgan fingerprint density at radius 3 is 2.42 bits per heavy atom. The highest BCUT2D eigenvalue weighted by Gasteiger charge is 2.29. The van der Waals surface area contributed by atoms with Crippen LogP contribution in [0, 0.1) is 5.92 Å². The SMILES string of the molecule is CCC(C)CN(C)c1snc(N)c1S(=O)(=O)N(C)C. The zero-order chi connectivity index (χ0) is 14.8. The maximum atomic E-state index is 12.3. The number of hydrogen-bond acceptors (Lipinski definition) is 6. The van der Waals surface area contributed by atoms with Crippen molar-refractivity contribution < 1.29 is 8.42 Å². The van der Waals surface area contributed by atoms with Crippen LogP contribution in [0.4, 0.5) is 10.8 Å². The molecule has 110 valence electrons. The fourth-order valence-corrected chi connectivity index (χ4v) is 3.85. The van der Waals surface area contributed by atoms with Gasteiger partial charge in [0.2, 0.25) is 10.0 Å². The summed E-state index contributed by atoms with van der Waals surface area (Å²) in [5.41, 5.74) is 5.73. The Hall–Kier alpha value is -0.860. The number of nitrogen functional groups attached to an aromatic ring is 1. The summed E-state index contributed by atoms with van der Waals surface area (Å²) in [6.07, 6.45) is 1.04. The van der Waals surface area contributed by atoms with Crippen molar-refractivity contribution in [2.45, 2.75) is 25.2 Å². The molecule has 0 aliphatic rings. The van der Waals surface area contributed by atoms with Gasteiger partial charge in [0.05, 0.1) is 0 Å². The quantitative estimate of drug-likeness (QED) is 0.860. The maximum absolute atomic E-state index is 12.3. The summed E-state index contributed by atoms with van der Waals surface area (Å²) in [6.45, 7) is 5.01. The predicted molar refractivity (Wildman–Crippen MR) is 80.1 cm³/mol.